The number of carboxylic acids is 1. The van der Waals surface area contributed by atoms with Crippen LogP contribution in [0.4, 0.5) is 5.69 Å². The summed E-state index contributed by atoms with van der Waals surface area (Å²) in [6.07, 6.45) is 0. The second kappa shape index (κ2) is 3.01. The summed E-state index contributed by atoms with van der Waals surface area (Å²) < 4.78 is 0. The van der Waals surface area contributed by atoms with Crippen molar-refractivity contribution in [1.29, 1.82) is 0 Å². The number of carboxylic acid groups (broad SMARTS) is 1. The van der Waals surface area contributed by atoms with Gasteiger partial charge in [0.25, 0.3) is 5.69 Å². The summed E-state index contributed by atoms with van der Waals surface area (Å²) >= 11 is 0. The van der Waals surface area contributed by atoms with Crippen molar-refractivity contribution in [3.63, 3.8) is 0 Å². The number of nitro groups is 1. The molecule has 0 aliphatic rings. The standard InChI is InChI=1S/C7H4N4O4/c12-7(13)5-4(11(14)15)2-1-3-6(5)9-10-8-3/h1-2H,(H,12,13)(H,8,9,10). The molecule has 1 aromatic carbocycles. The molecule has 8 nitrogen and oxygen atoms in total. The van der Waals surface area contributed by atoms with Crippen molar-refractivity contribution in [2.75, 3.05) is 0 Å². The predicted molar refractivity (Wildman–Crippen MR) is 47.5 cm³/mol. The van der Waals surface area contributed by atoms with Gasteiger partial charge in [-0.05, 0) is 6.07 Å². The van der Waals surface area contributed by atoms with Gasteiger partial charge in [0.15, 0.2) is 5.56 Å². The highest BCUT2D eigenvalue weighted by atomic mass is 16.6. The van der Waals surface area contributed by atoms with Crippen LogP contribution in [0.2, 0.25) is 0 Å². The molecule has 0 spiro atoms. The molecule has 2 rings (SSSR count). The number of rotatable bonds is 2. The van der Waals surface area contributed by atoms with Crippen LogP contribution >= 0.6 is 0 Å². The van der Waals surface area contributed by atoms with Crippen LogP contribution < -0.4 is 0 Å². The average molecular weight is 208 g/mol. The SMILES string of the molecule is O=C(O)c1c([N+](=O)[O-])ccc2n[nH]nc12. The maximum absolute atomic E-state index is 10.9. The van der Waals surface area contributed by atoms with Gasteiger partial charge < -0.3 is 5.11 Å². The number of aromatic carboxylic acids is 1. The molecule has 0 fully saturated rings. The van der Waals surface area contributed by atoms with Crippen molar-refractivity contribution < 1.29 is 14.8 Å². The minimum Gasteiger partial charge on any atom is -0.477 e. The number of nitro benzene ring substituents is 1. The first-order valence-electron chi connectivity index (χ1n) is 3.82. The largest absolute Gasteiger partial charge is 0.477 e. The van der Waals surface area contributed by atoms with Crippen LogP contribution in [0.3, 0.4) is 0 Å². The lowest BCUT2D eigenvalue weighted by Gasteiger charge is -1.96. The van der Waals surface area contributed by atoms with Crippen molar-refractivity contribution in [3.05, 3.63) is 27.8 Å². The monoisotopic (exact) mass is 208 g/mol. The third-order valence-electron chi connectivity index (χ3n) is 1.88. The Hall–Kier alpha value is -2.51. The van der Waals surface area contributed by atoms with Crippen molar-refractivity contribution in [3.8, 4) is 0 Å². The van der Waals surface area contributed by atoms with Gasteiger partial charge in [-0.1, -0.05) is 0 Å². The Balaban J connectivity index is 2.87. The minimum absolute atomic E-state index is 0.0169. The van der Waals surface area contributed by atoms with E-state index in [-0.39, 0.29) is 11.0 Å². The molecule has 0 atom stereocenters. The summed E-state index contributed by atoms with van der Waals surface area (Å²) in [6.45, 7) is 0. The number of aromatic nitrogens is 3. The number of H-pyrrole nitrogens is 1. The first-order chi connectivity index (χ1) is 7.11. The highest BCUT2D eigenvalue weighted by Crippen LogP contribution is 2.24. The number of benzene rings is 1. The van der Waals surface area contributed by atoms with E-state index in [2.05, 4.69) is 15.4 Å². The van der Waals surface area contributed by atoms with E-state index >= 15 is 0 Å². The second-order valence-electron chi connectivity index (χ2n) is 2.71. The van der Waals surface area contributed by atoms with Gasteiger partial charge in [-0.25, -0.2) is 4.79 Å². The van der Waals surface area contributed by atoms with Crippen LogP contribution in [0.15, 0.2) is 12.1 Å². The molecule has 76 valence electrons. The molecule has 1 heterocycles. The zero-order valence-electron chi connectivity index (χ0n) is 7.17. The number of nitrogens with one attached hydrogen (secondary N) is 1. The molecule has 1 aromatic heterocycles. The van der Waals surface area contributed by atoms with E-state index in [0.29, 0.717) is 0 Å². The van der Waals surface area contributed by atoms with Crippen LogP contribution in [0.1, 0.15) is 10.4 Å². The lowest BCUT2D eigenvalue weighted by atomic mass is 10.1. The Morgan fingerprint density at radius 1 is 1.47 bits per heavy atom. The third-order valence-corrected chi connectivity index (χ3v) is 1.88. The van der Waals surface area contributed by atoms with Gasteiger partial charge in [0, 0.05) is 6.07 Å². The summed E-state index contributed by atoms with van der Waals surface area (Å²) in [4.78, 5) is 20.7. The maximum Gasteiger partial charge on any atom is 0.345 e. The molecule has 0 bridgehead atoms. The van der Waals surface area contributed by atoms with Crippen LogP contribution in [0, 0.1) is 10.1 Å². The van der Waals surface area contributed by atoms with Crippen LogP contribution in [-0.2, 0) is 0 Å². The Morgan fingerprint density at radius 3 is 2.80 bits per heavy atom. The molecule has 0 aliphatic heterocycles. The van der Waals surface area contributed by atoms with Crippen molar-refractivity contribution in [2.45, 2.75) is 0 Å². The maximum atomic E-state index is 10.9. The Morgan fingerprint density at radius 2 is 2.20 bits per heavy atom. The second-order valence-corrected chi connectivity index (χ2v) is 2.71. The number of carbonyl (C=O) groups is 1. The van der Waals surface area contributed by atoms with E-state index in [0.717, 1.165) is 6.07 Å². The Labute approximate surface area is 81.7 Å². The predicted octanol–water partition coefficient (Wildman–Crippen LogP) is 0.564. The van der Waals surface area contributed by atoms with Gasteiger partial charge in [0.1, 0.15) is 11.0 Å². The van der Waals surface area contributed by atoms with E-state index < -0.39 is 22.1 Å². The number of aromatic amines is 1. The highest BCUT2D eigenvalue weighted by Gasteiger charge is 2.24. The van der Waals surface area contributed by atoms with E-state index in [4.69, 9.17) is 5.11 Å². The van der Waals surface area contributed by atoms with Gasteiger partial charge >= 0.3 is 5.97 Å². The molecule has 15 heavy (non-hydrogen) atoms. The normalized spacial score (nSPS) is 10.4. The first kappa shape index (κ1) is 9.06. The fraction of sp³-hybridized carbons (Fsp3) is 0. The first-order valence-corrected chi connectivity index (χ1v) is 3.82. The van der Waals surface area contributed by atoms with Crippen LogP contribution in [-0.4, -0.2) is 31.4 Å². The van der Waals surface area contributed by atoms with Crippen molar-refractivity contribution in [2.24, 2.45) is 0 Å². The van der Waals surface area contributed by atoms with Gasteiger partial charge in [-0.15, -0.1) is 0 Å². The summed E-state index contributed by atoms with van der Waals surface area (Å²) in [7, 11) is 0. The number of hydrogen-bond donors (Lipinski definition) is 2. The zero-order valence-corrected chi connectivity index (χ0v) is 7.17. The summed E-state index contributed by atoms with van der Waals surface area (Å²) in [5.41, 5.74) is -0.690. The number of nitrogens with zero attached hydrogens (tertiary/aromatic N) is 3. The summed E-state index contributed by atoms with van der Waals surface area (Å²) in [6, 6.07) is 2.43. The topological polar surface area (TPSA) is 122 Å². The molecule has 0 unspecified atom stereocenters. The van der Waals surface area contributed by atoms with Gasteiger partial charge in [-0.3, -0.25) is 10.1 Å². The Kier molecular flexibility index (Phi) is 1.82. The van der Waals surface area contributed by atoms with Crippen LogP contribution in [0.5, 0.6) is 0 Å². The van der Waals surface area contributed by atoms with Gasteiger partial charge in [0.05, 0.1) is 4.92 Å². The molecule has 0 radical (unpaired) electrons. The van der Waals surface area contributed by atoms with Gasteiger partial charge in [-0.2, -0.15) is 15.4 Å². The smallest absolute Gasteiger partial charge is 0.345 e. The molecule has 0 saturated heterocycles. The fourth-order valence-corrected chi connectivity index (χ4v) is 1.26. The molecule has 0 amide bonds. The fourth-order valence-electron chi connectivity index (χ4n) is 1.26. The molecule has 0 saturated carbocycles. The molecule has 2 N–H and O–H groups in total. The molecule has 0 aliphatic carbocycles. The van der Waals surface area contributed by atoms with E-state index in [1.54, 1.807) is 0 Å². The summed E-state index contributed by atoms with van der Waals surface area (Å²) in [5.74, 6) is -1.40. The van der Waals surface area contributed by atoms with Crippen molar-refractivity contribution >= 4 is 22.7 Å². The number of fused-ring (bicyclic) bond motifs is 1. The van der Waals surface area contributed by atoms with Crippen LogP contribution in [0.25, 0.3) is 11.0 Å². The third kappa shape index (κ3) is 1.27. The quantitative estimate of drug-likeness (QED) is 0.549. The lowest BCUT2D eigenvalue weighted by molar-refractivity contribution is -0.385. The van der Waals surface area contributed by atoms with E-state index in [1.807, 2.05) is 0 Å². The molecule has 8 heteroatoms. The van der Waals surface area contributed by atoms with Crippen molar-refractivity contribution in [1.82, 2.24) is 15.4 Å². The number of hydrogen-bond acceptors (Lipinski definition) is 5. The zero-order chi connectivity index (χ0) is 11.0. The average Bonchev–Trinajstić information content (AvgIpc) is 2.62. The summed E-state index contributed by atoms with van der Waals surface area (Å²) in [5, 5.41) is 28.8. The van der Waals surface area contributed by atoms with Gasteiger partial charge in [0.2, 0.25) is 0 Å². The highest BCUT2D eigenvalue weighted by molar-refractivity contribution is 6.04. The van der Waals surface area contributed by atoms with E-state index in [1.165, 1.54) is 6.07 Å². The Bertz CT molecular complexity index is 561. The molecule has 2 aromatic rings. The molecular weight excluding hydrogens is 204 g/mol. The minimum atomic E-state index is -1.40. The van der Waals surface area contributed by atoms with E-state index in [9.17, 15) is 14.9 Å². The lowest BCUT2D eigenvalue weighted by Crippen LogP contribution is -2.03. The molecular formula is C7H4N4O4.